The number of methoxy groups -OCH3 is 1. The molecule has 0 atom stereocenters. The average molecular weight is 287 g/mol. The van der Waals surface area contributed by atoms with Crippen LogP contribution in [0.4, 0.5) is 5.69 Å². The lowest BCUT2D eigenvalue weighted by atomic mass is 10.1. The molecule has 2 rings (SSSR count). The fourth-order valence-electron chi connectivity index (χ4n) is 2.01. The predicted octanol–water partition coefficient (Wildman–Crippen LogP) is 2.86. The minimum absolute atomic E-state index is 0.0795. The van der Waals surface area contributed by atoms with Crippen molar-refractivity contribution in [1.82, 2.24) is 0 Å². The third kappa shape index (κ3) is 3.45. The van der Waals surface area contributed by atoms with Gasteiger partial charge in [0.15, 0.2) is 0 Å². The molecule has 0 aliphatic carbocycles. The lowest BCUT2D eigenvalue weighted by Crippen LogP contribution is -2.05. The third-order valence-electron chi connectivity index (χ3n) is 3.06. The summed E-state index contributed by atoms with van der Waals surface area (Å²) in [6.07, 6.45) is 0. The van der Waals surface area contributed by atoms with Crippen molar-refractivity contribution in [3.8, 4) is 11.5 Å². The van der Waals surface area contributed by atoms with Crippen LogP contribution in [-0.4, -0.2) is 18.2 Å². The van der Waals surface area contributed by atoms with Crippen LogP contribution in [0.3, 0.4) is 0 Å². The van der Waals surface area contributed by atoms with Crippen LogP contribution >= 0.6 is 0 Å². The van der Waals surface area contributed by atoms with Gasteiger partial charge in [0.1, 0.15) is 23.7 Å². The highest BCUT2D eigenvalue weighted by Crippen LogP contribution is 2.26. The average Bonchev–Trinajstić information content (AvgIpc) is 2.45. The maximum absolute atomic E-state index is 11.2. The summed E-state index contributed by atoms with van der Waals surface area (Å²) >= 11 is 0. The van der Waals surface area contributed by atoms with E-state index in [-0.39, 0.29) is 17.9 Å². The zero-order valence-corrected chi connectivity index (χ0v) is 11.9. The Kier molecular flexibility index (Phi) is 4.33. The molecule has 0 spiro atoms. The summed E-state index contributed by atoms with van der Waals surface area (Å²) in [5.74, 6) is -0.117. The number of aryl methyl sites for hydroxylation is 1. The third-order valence-corrected chi connectivity index (χ3v) is 3.06. The van der Waals surface area contributed by atoms with Gasteiger partial charge in [-0.05, 0) is 31.2 Å². The Morgan fingerprint density at radius 1 is 1.19 bits per heavy atom. The van der Waals surface area contributed by atoms with Crippen molar-refractivity contribution in [2.45, 2.75) is 13.5 Å². The number of nitrogens with two attached hydrogens (primary N) is 1. The smallest absolute Gasteiger partial charge is 0.339 e. The Bertz CT molecular complexity index is 667. The highest BCUT2D eigenvalue weighted by Gasteiger charge is 2.13. The van der Waals surface area contributed by atoms with E-state index < -0.39 is 5.97 Å². The fourth-order valence-corrected chi connectivity index (χ4v) is 2.01. The summed E-state index contributed by atoms with van der Waals surface area (Å²) in [5.41, 5.74) is 8.12. The van der Waals surface area contributed by atoms with Crippen LogP contribution in [-0.2, 0) is 6.61 Å². The zero-order chi connectivity index (χ0) is 15.4. The second-order valence-electron chi connectivity index (χ2n) is 4.66. The highest BCUT2D eigenvalue weighted by molar-refractivity contribution is 5.91. The number of rotatable bonds is 5. The van der Waals surface area contributed by atoms with E-state index in [1.54, 1.807) is 7.11 Å². The van der Waals surface area contributed by atoms with Gasteiger partial charge in [-0.25, -0.2) is 4.79 Å². The molecule has 0 bridgehead atoms. The number of carboxylic acid groups (broad SMARTS) is 1. The molecule has 0 aliphatic heterocycles. The molecule has 0 aromatic heterocycles. The van der Waals surface area contributed by atoms with Crippen LogP contribution in [0.1, 0.15) is 21.5 Å². The van der Waals surface area contributed by atoms with Crippen molar-refractivity contribution in [3.63, 3.8) is 0 Å². The van der Waals surface area contributed by atoms with E-state index in [0.717, 1.165) is 11.1 Å². The van der Waals surface area contributed by atoms with Crippen LogP contribution in [0.2, 0.25) is 0 Å². The molecule has 5 nitrogen and oxygen atoms in total. The molecular formula is C16H17NO4. The van der Waals surface area contributed by atoms with E-state index in [2.05, 4.69) is 0 Å². The Balaban J connectivity index is 2.26. The lowest BCUT2D eigenvalue weighted by Gasteiger charge is -2.13. The van der Waals surface area contributed by atoms with Crippen molar-refractivity contribution in [3.05, 3.63) is 53.1 Å². The number of benzene rings is 2. The molecule has 5 heteroatoms. The first kappa shape index (κ1) is 14.7. The van der Waals surface area contributed by atoms with E-state index in [1.165, 1.54) is 18.2 Å². The number of anilines is 1. The van der Waals surface area contributed by atoms with E-state index in [4.69, 9.17) is 20.3 Å². The van der Waals surface area contributed by atoms with Gasteiger partial charge in [-0.3, -0.25) is 0 Å². The quantitative estimate of drug-likeness (QED) is 0.826. The number of carbonyl (C=O) groups is 1. The van der Waals surface area contributed by atoms with E-state index >= 15 is 0 Å². The maximum Gasteiger partial charge on any atom is 0.339 e. The SMILES string of the molecule is COc1ccc(C)cc1COc1cc(N)ccc1C(=O)O. The molecule has 0 saturated heterocycles. The van der Waals surface area contributed by atoms with Crippen molar-refractivity contribution < 1.29 is 19.4 Å². The van der Waals surface area contributed by atoms with Gasteiger partial charge in [0.05, 0.1) is 7.11 Å². The highest BCUT2D eigenvalue weighted by atomic mass is 16.5. The second kappa shape index (κ2) is 6.17. The summed E-state index contributed by atoms with van der Waals surface area (Å²) in [6.45, 7) is 2.17. The Morgan fingerprint density at radius 3 is 2.62 bits per heavy atom. The Hall–Kier alpha value is -2.69. The summed E-state index contributed by atoms with van der Waals surface area (Å²) in [6, 6.07) is 10.2. The molecule has 110 valence electrons. The van der Waals surface area contributed by atoms with E-state index in [9.17, 15) is 4.79 Å². The molecule has 0 radical (unpaired) electrons. The second-order valence-corrected chi connectivity index (χ2v) is 4.66. The molecule has 0 aliphatic rings. The maximum atomic E-state index is 11.2. The number of hydrogen-bond donors (Lipinski definition) is 2. The van der Waals surface area contributed by atoms with Gasteiger partial charge in [0, 0.05) is 17.3 Å². The van der Waals surface area contributed by atoms with Crippen molar-refractivity contribution >= 4 is 11.7 Å². The predicted molar refractivity (Wildman–Crippen MR) is 79.9 cm³/mol. The van der Waals surface area contributed by atoms with E-state index in [0.29, 0.717) is 11.4 Å². The van der Waals surface area contributed by atoms with Crippen LogP contribution in [0, 0.1) is 6.92 Å². The van der Waals surface area contributed by atoms with Gasteiger partial charge in [-0.2, -0.15) is 0 Å². The van der Waals surface area contributed by atoms with Gasteiger partial charge < -0.3 is 20.3 Å². The topological polar surface area (TPSA) is 81.8 Å². The number of hydrogen-bond acceptors (Lipinski definition) is 4. The van der Waals surface area contributed by atoms with Crippen molar-refractivity contribution in [2.75, 3.05) is 12.8 Å². The van der Waals surface area contributed by atoms with Crippen molar-refractivity contribution in [1.29, 1.82) is 0 Å². The van der Waals surface area contributed by atoms with Crippen molar-refractivity contribution in [2.24, 2.45) is 0 Å². The van der Waals surface area contributed by atoms with Crippen LogP contribution in [0.5, 0.6) is 11.5 Å². The zero-order valence-electron chi connectivity index (χ0n) is 11.9. The molecule has 0 heterocycles. The number of ether oxygens (including phenoxy) is 2. The molecule has 21 heavy (non-hydrogen) atoms. The van der Waals surface area contributed by atoms with E-state index in [1.807, 2.05) is 25.1 Å². The van der Waals surface area contributed by atoms with Crippen LogP contribution in [0.25, 0.3) is 0 Å². The molecule has 2 aromatic rings. The molecular weight excluding hydrogens is 270 g/mol. The minimum atomic E-state index is -1.05. The molecule has 0 amide bonds. The Labute approximate surface area is 122 Å². The molecule has 0 unspecified atom stereocenters. The molecule has 2 aromatic carbocycles. The van der Waals surface area contributed by atoms with Gasteiger partial charge in [-0.1, -0.05) is 11.6 Å². The minimum Gasteiger partial charge on any atom is -0.496 e. The molecule has 3 N–H and O–H groups in total. The Morgan fingerprint density at radius 2 is 1.95 bits per heavy atom. The van der Waals surface area contributed by atoms with Crippen LogP contribution < -0.4 is 15.2 Å². The number of nitrogen functional groups attached to an aromatic ring is 1. The summed E-state index contributed by atoms with van der Waals surface area (Å²) in [7, 11) is 1.58. The fraction of sp³-hybridized carbons (Fsp3) is 0.188. The van der Waals surface area contributed by atoms with Crippen LogP contribution in [0.15, 0.2) is 36.4 Å². The first-order valence-corrected chi connectivity index (χ1v) is 6.40. The first-order valence-electron chi connectivity index (χ1n) is 6.40. The lowest BCUT2D eigenvalue weighted by molar-refractivity contribution is 0.0692. The monoisotopic (exact) mass is 287 g/mol. The molecule has 0 saturated carbocycles. The van der Waals surface area contributed by atoms with Gasteiger partial charge in [0.25, 0.3) is 0 Å². The molecule has 0 fully saturated rings. The number of carboxylic acids is 1. The first-order chi connectivity index (χ1) is 10.0. The normalized spacial score (nSPS) is 10.2. The summed E-state index contributed by atoms with van der Waals surface area (Å²) < 4.78 is 10.9. The number of aromatic carboxylic acids is 1. The van der Waals surface area contributed by atoms with Gasteiger partial charge in [-0.15, -0.1) is 0 Å². The van der Waals surface area contributed by atoms with Gasteiger partial charge >= 0.3 is 5.97 Å². The largest absolute Gasteiger partial charge is 0.496 e. The summed E-state index contributed by atoms with van der Waals surface area (Å²) in [4.78, 5) is 11.2. The van der Waals surface area contributed by atoms with Gasteiger partial charge in [0.2, 0.25) is 0 Å². The standard InChI is InChI=1S/C16H17NO4/c1-10-3-6-14(20-2)11(7-10)9-21-15-8-12(17)4-5-13(15)16(18)19/h3-8H,9,17H2,1-2H3,(H,18,19). The summed E-state index contributed by atoms with van der Waals surface area (Å²) in [5, 5.41) is 9.15.